The summed E-state index contributed by atoms with van der Waals surface area (Å²) in [7, 11) is 3.60. The van der Waals surface area contributed by atoms with E-state index in [1.165, 1.54) is 0 Å². The second kappa shape index (κ2) is 7.82. The van der Waals surface area contributed by atoms with Crippen LogP contribution in [0.25, 0.3) is 0 Å². The highest BCUT2D eigenvalue weighted by molar-refractivity contribution is 8.03. The molecule has 3 aromatic carbocycles. The molecule has 0 aromatic heterocycles. The number of hydrogen-bond donors (Lipinski definition) is 0. The fourth-order valence-corrected chi connectivity index (χ4v) is 3.99. The second-order valence-electron chi connectivity index (χ2n) is 6.28. The van der Waals surface area contributed by atoms with Gasteiger partial charge < -0.3 is 14.4 Å². The molecule has 0 amide bonds. The summed E-state index contributed by atoms with van der Waals surface area (Å²) in [6.07, 6.45) is 1.67. The van der Waals surface area contributed by atoms with Crippen molar-refractivity contribution in [1.82, 2.24) is 0 Å². The molecule has 3 aromatic rings. The normalized spacial score (nSPS) is 14.1. The Morgan fingerprint density at radius 2 is 1.71 bits per heavy atom. The van der Waals surface area contributed by atoms with Crippen LogP contribution in [-0.4, -0.2) is 19.9 Å². The lowest BCUT2D eigenvalue weighted by molar-refractivity contribution is 0.104. The van der Waals surface area contributed by atoms with E-state index in [1.54, 1.807) is 37.1 Å². The Bertz CT molecular complexity index is 1050. The van der Waals surface area contributed by atoms with Crippen molar-refractivity contribution in [2.24, 2.45) is 0 Å². The molecule has 140 valence electrons. The van der Waals surface area contributed by atoms with Gasteiger partial charge in [-0.15, -0.1) is 0 Å². The van der Waals surface area contributed by atoms with Crippen LogP contribution in [0.4, 0.5) is 5.69 Å². The van der Waals surface area contributed by atoms with Crippen molar-refractivity contribution in [3.8, 4) is 17.2 Å². The fraction of sp³-hybridized carbons (Fsp3) is 0.0870. The van der Waals surface area contributed by atoms with Crippen LogP contribution >= 0.6 is 11.8 Å². The molecule has 0 atom stereocenters. The summed E-state index contributed by atoms with van der Waals surface area (Å²) in [6, 6.07) is 22.7. The molecule has 1 aliphatic heterocycles. The van der Waals surface area contributed by atoms with E-state index in [0.29, 0.717) is 11.3 Å². The first-order valence-electron chi connectivity index (χ1n) is 8.82. The smallest absolute Gasteiger partial charge is 0.188 e. The minimum atomic E-state index is -0.0624. The lowest BCUT2D eigenvalue weighted by atomic mass is 10.1. The van der Waals surface area contributed by atoms with Crippen LogP contribution < -0.4 is 14.4 Å². The van der Waals surface area contributed by atoms with Gasteiger partial charge in [0.1, 0.15) is 17.2 Å². The molecular formula is C23H19NO3S. The zero-order chi connectivity index (χ0) is 19.5. The van der Waals surface area contributed by atoms with Gasteiger partial charge in [0.15, 0.2) is 5.78 Å². The first kappa shape index (κ1) is 18.2. The molecule has 0 N–H and O–H groups in total. The quantitative estimate of drug-likeness (QED) is 0.410. The van der Waals surface area contributed by atoms with Crippen LogP contribution in [0, 0.1) is 0 Å². The summed E-state index contributed by atoms with van der Waals surface area (Å²) in [4.78, 5) is 15.9. The number of benzene rings is 3. The third-order valence-electron chi connectivity index (χ3n) is 4.42. The molecule has 1 aliphatic rings. The van der Waals surface area contributed by atoms with Crippen molar-refractivity contribution in [1.29, 1.82) is 0 Å². The first-order chi connectivity index (χ1) is 13.6. The second-order valence-corrected chi connectivity index (χ2v) is 7.35. The summed E-state index contributed by atoms with van der Waals surface area (Å²) in [6.45, 7) is 0. The molecule has 0 bridgehead atoms. The number of allylic oxidation sites excluding steroid dienone is 1. The number of anilines is 1. The third-order valence-corrected chi connectivity index (χ3v) is 5.59. The van der Waals surface area contributed by atoms with Crippen molar-refractivity contribution in [3.63, 3.8) is 0 Å². The van der Waals surface area contributed by atoms with E-state index in [2.05, 4.69) is 0 Å². The summed E-state index contributed by atoms with van der Waals surface area (Å²) >= 11 is 1.57. The van der Waals surface area contributed by atoms with Crippen LogP contribution in [0.2, 0.25) is 0 Å². The Hall–Kier alpha value is -3.18. The molecule has 0 saturated carbocycles. The van der Waals surface area contributed by atoms with E-state index >= 15 is 0 Å². The molecule has 0 unspecified atom stereocenters. The van der Waals surface area contributed by atoms with Crippen LogP contribution in [0.3, 0.4) is 0 Å². The van der Waals surface area contributed by atoms with Crippen molar-refractivity contribution >= 4 is 23.2 Å². The van der Waals surface area contributed by atoms with Gasteiger partial charge in [0.05, 0.1) is 17.8 Å². The number of carbonyl (C=O) groups is 1. The number of methoxy groups -OCH3 is 1. The summed E-state index contributed by atoms with van der Waals surface area (Å²) in [5, 5.41) is 0.877. The number of ketones is 1. The molecule has 0 saturated heterocycles. The van der Waals surface area contributed by atoms with Gasteiger partial charge in [-0.05, 0) is 36.4 Å². The molecule has 1 heterocycles. The van der Waals surface area contributed by atoms with Gasteiger partial charge in [0, 0.05) is 29.6 Å². The maximum absolute atomic E-state index is 12.8. The Balaban J connectivity index is 1.54. The minimum absolute atomic E-state index is 0.0624. The third kappa shape index (κ3) is 3.75. The van der Waals surface area contributed by atoms with Crippen molar-refractivity contribution in [2.75, 3.05) is 19.1 Å². The van der Waals surface area contributed by atoms with Crippen LogP contribution in [-0.2, 0) is 0 Å². The number of fused-ring (bicyclic) bond motifs is 1. The van der Waals surface area contributed by atoms with Gasteiger partial charge >= 0.3 is 0 Å². The van der Waals surface area contributed by atoms with Gasteiger partial charge in [-0.2, -0.15) is 0 Å². The molecule has 0 fully saturated rings. The highest BCUT2D eigenvalue weighted by atomic mass is 32.2. The van der Waals surface area contributed by atoms with E-state index in [4.69, 9.17) is 9.47 Å². The number of nitrogens with zero attached hydrogens (tertiary/aromatic N) is 1. The molecule has 5 heteroatoms. The van der Waals surface area contributed by atoms with Crippen LogP contribution in [0.5, 0.6) is 17.2 Å². The lowest BCUT2D eigenvalue weighted by Crippen LogP contribution is -2.11. The number of carbonyl (C=O) groups excluding carboxylic acids is 1. The predicted molar refractivity (Wildman–Crippen MR) is 113 cm³/mol. The van der Waals surface area contributed by atoms with E-state index in [-0.39, 0.29) is 5.78 Å². The Kier molecular flexibility index (Phi) is 5.08. The van der Waals surface area contributed by atoms with Gasteiger partial charge in [-0.3, -0.25) is 4.79 Å². The summed E-state index contributed by atoms with van der Waals surface area (Å²) < 4.78 is 11.1. The summed E-state index contributed by atoms with van der Waals surface area (Å²) in [5.41, 5.74) is 1.62. The monoisotopic (exact) mass is 389 g/mol. The predicted octanol–water partition coefficient (Wildman–Crippen LogP) is 5.75. The molecular weight excluding hydrogens is 370 g/mol. The van der Waals surface area contributed by atoms with Crippen LogP contribution in [0.15, 0.2) is 88.8 Å². The number of para-hydroxylation sites is 1. The highest BCUT2D eigenvalue weighted by Gasteiger charge is 2.23. The Morgan fingerprint density at radius 3 is 2.50 bits per heavy atom. The number of ether oxygens (including phenoxy) is 2. The standard InChI is InChI=1S/C23H19NO3S/c1-24-20-14-18(26-2)11-12-22(20)28-23(24)15-21(25)16-7-6-10-19(13-16)27-17-8-4-3-5-9-17/h3-15H,1-2H3/b23-15+. The van der Waals surface area contributed by atoms with Crippen molar-refractivity contribution in [2.45, 2.75) is 4.90 Å². The highest BCUT2D eigenvalue weighted by Crippen LogP contribution is 2.46. The molecule has 0 radical (unpaired) electrons. The SMILES string of the molecule is COc1ccc2c(c1)N(C)/C(=C\C(=O)c1cccc(Oc3ccccc3)c1)S2. The fourth-order valence-electron chi connectivity index (χ4n) is 2.93. The molecule has 28 heavy (non-hydrogen) atoms. The van der Waals surface area contributed by atoms with E-state index < -0.39 is 0 Å². The number of hydrogen-bond acceptors (Lipinski definition) is 5. The van der Waals surface area contributed by atoms with Gasteiger partial charge in [0.2, 0.25) is 0 Å². The Morgan fingerprint density at radius 1 is 0.929 bits per heavy atom. The molecule has 4 nitrogen and oxygen atoms in total. The molecule has 4 rings (SSSR count). The van der Waals surface area contributed by atoms with Crippen molar-refractivity contribution in [3.05, 3.63) is 89.5 Å². The maximum Gasteiger partial charge on any atom is 0.188 e. The first-order valence-corrected chi connectivity index (χ1v) is 9.64. The molecule has 0 spiro atoms. The zero-order valence-electron chi connectivity index (χ0n) is 15.6. The topological polar surface area (TPSA) is 38.8 Å². The number of thioether (sulfide) groups is 1. The summed E-state index contributed by atoms with van der Waals surface area (Å²) in [5.74, 6) is 2.11. The average Bonchev–Trinajstić information content (AvgIpc) is 3.03. The van der Waals surface area contributed by atoms with Crippen LogP contribution in [0.1, 0.15) is 10.4 Å². The van der Waals surface area contributed by atoms with Gasteiger partial charge in [-0.1, -0.05) is 42.1 Å². The van der Waals surface area contributed by atoms with E-state index in [1.807, 2.05) is 72.6 Å². The largest absolute Gasteiger partial charge is 0.497 e. The minimum Gasteiger partial charge on any atom is -0.497 e. The average molecular weight is 389 g/mol. The zero-order valence-corrected chi connectivity index (χ0v) is 16.4. The van der Waals surface area contributed by atoms with E-state index in [9.17, 15) is 4.79 Å². The van der Waals surface area contributed by atoms with Gasteiger partial charge in [0.25, 0.3) is 0 Å². The number of rotatable bonds is 5. The maximum atomic E-state index is 12.8. The van der Waals surface area contributed by atoms with Gasteiger partial charge in [-0.25, -0.2) is 0 Å². The lowest BCUT2D eigenvalue weighted by Gasteiger charge is -2.14. The molecule has 0 aliphatic carbocycles. The van der Waals surface area contributed by atoms with E-state index in [0.717, 1.165) is 27.1 Å². The Labute approximate surface area is 168 Å². The van der Waals surface area contributed by atoms with Crippen molar-refractivity contribution < 1.29 is 14.3 Å².